The SMILES string of the molecule is O=[N+]([O-])c1ccc2c(c1)C(C1=CCC=N1)=NC2. The maximum atomic E-state index is 10.8. The second kappa shape index (κ2) is 3.62. The monoisotopic (exact) mass is 227 g/mol. The lowest BCUT2D eigenvalue weighted by molar-refractivity contribution is -0.384. The van der Waals surface area contributed by atoms with E-state index in [1.165, 1.54) is 6.07 Å². The minimum absolute atomic E-state index is 0.0981. The molecular weight excluding hydrogens is 218 g/mol. The largest absolute Gasteiger partial charge is 0.278 e. The number of benzene rings is 1. The second-order valence-electron chi connectivity index (χ2n) is 3.90. The molecule has 0 fully saturated rings. The molecule has 0 spiro atoms. The third kappa shape index (κ3) is 1.56. The van der Waals surface area contributed by atoms with Crippen LogP contribution in [0.2, 0.25) is 0 Å². The first-order chi connectivity index (χ1) is 8.25. The van der Waals surface area contributed by atoms with Crippen molar-refractivity contribution in [2.24, 2.45) is 9.98 Å². The van der Waals surface area contributed by atoms with Crippen molar-refractivity contribution in [3.63, 3.8) is 0 Å². The van der Waals surface area contributed by atoms with Crippen molar-refractivity contribution in [3.05, 3.63) is 51.2 Å². The Morgan fingerprint density at radius 3 is 2.94 bits per heavy atom. The quantitative estimate of drug-likeness (QED) is 0.574. The number of allylic oxidation sites excluding steroid dienone is 2. The van der Waals surface area contributed by atoms with Crippen LogP contribution in [0.3, 0.4) is 0 Å². The second-order valence-corrected chi connectivity index (χ2v) is 3.90. The third-order valence-electron chi connectivity index (χ3n) is 2.86. The number of nitro groups is 1. The van der Waals surface area contributed by atoms with Gasteiger partial charge in [0.15, 0.2) is 0 Å². The van der Waals surface area contributed by atoms with Gasteiger partial charge in [-0.25, -0.2) is 0 Å². The van der Waals surface area contributed by atoms with E-state index in [2.05, 4.69) is 9.98 Å². The summed E-state index contributed by atoms with van der Waals surface area (Å²) in [6.07, 6.45) is 4.60. The molecular formula is C12H9N3O2. The van der Waals surface area contributed by atoms with E-state index in [-0.39, 0.29) is 10.6 Å². The van der Waals surface area contributed by atoms with Crippen molar-refractivity contribution >= 4 is 17.6 Å². The molecule has 1 aromatic rings. The van der Waals surface area contributed by atoms with Crippen LogP contribution in [-0.4, -0.2) is 16.8 Å². The van der Waals surface area contributed by atoms with Crippen LogP contribution in [0.5, 0.6) is 0 Å². The van der Waals surface area contributed by atoms with E-state index in [0.717, 1.165) is 29.0 Å². The van der Waals surface area contributed by atoms with Gasteiger partial charge in [0, 0.05) is 30.3 Å². The summed E-state index contributed by atoms with van der Waals surface area (Å²) >= 11 is 0. The molecule has 2 heterocycles. The summed E-state index contributed by atoms with van der Waals surface area (Å²) in [5.41, 5.74) is 3.56. The molecule has 5 nitrogen and oxygen atoms in total. The highest BCUT2D eigenvalue weighted by atomic mass is 16.6. The lowest BCUT2D eigenvalue weighted by atomic mass is 10.0. The van der Waals surface area contributed by atoms with Gasteiger partial charge < -0.3 is 0 Å². The predicted octanol–water partition coefficient (Wildman–Crippen LogP) is 2.26. The summed E-state index contributed by atoms with van der Waals surface area (Å²) in [7, 11) is 0. The number of nitrogens with zero attached hydrogens (tertiary/aromatic N) is 3. The normalized spacial score (nSPS) is 16.7. The fourth-order valence-corrected chi connectivity index (χ4v) is 2.03. The Labute approximate surface area is 97.4 Å². The number of non-ortho nitro benzene ring substituents is 1. The van der Waals surface area contributed by atoms with Gasteiger partial charge in [0.2, 0.25) is 0 Å². The molecule has 0 N–H and O–H groups in total. The number of fused-ring (bicyclic) bond motifs is 1. The smallest absolute Gasteiger partial charge is 0.270 e. The van der Waals surface area contributed by atoms with Gasteiger partial charge in [-0.3, -0.25) is 20.1 Å². The van der Waals surface area contributed by atoms with E-state index in [1.807, 2.05) is 12.3 Å². The standard InChI is InChI=1S/C12H9N3O2/c16-15(17)9-4-3-8-7-14-12(10(8)6-9)11-2-1-5-13-11/h2-6H,1,7H2. The highest BCUT2D eigenvalue weighted by Gasteiger charge is 2.22. The van der Waals surface area contributed by atoms with Crippen molar-refractivity contribution in [2.75, 3.05) is 0 Å². The molecule has 5 heteroatoms. The molecule has 0 atom stereocenters. The van der Waals surface area contributed by atoms with E-state index in [4.69, 9.17) is 0 Å². The Bertz CT molecular complexity index is 600. The van der Waals surface area contributed by atoms with Crippen LogP contribution in [-0.2, 0) is 6.54 Å². The molecule has 0 aliphatic carbocycles. The molecule has 0 unspecified atom stereocenters. The fraction of sp³-hybridized carbons (Fsp3) is 0.167. The Kier molecular flexibility index (Phi) is 2.11. The van der Waals surface area contributed by atoms with Gasteiger partial charge in [-0.05, 0) is 11.6 Å². The van der Waals surface area contributed by atoms with Crippen LogP contribution >= 0.6 is 0 Å². The average Bonchev–Trinajstić information content (AvgIpc) is 2.96. The molecule has 0 radical (unpaired) electrons. The Hall–Kier alpha value is -2.30. The van der Waals surface area contributed by atoms with E-state index in [1.54, 1.807) is 12.1 Å². The molecule has 1 aromatic carbocycles. The predicted molar refractivity (Wildman–Crippen MR) is 64.5 cm³/mol. The lowest BCUT2D eigenvalue weighted by Gasteiger charge is -2.02. The van der Waals surface area contributed by atoms with Gasteiger partial charge >= 0.3 is 0 Å². The molecule has 2 aliphatic rings. The zero-order chi connectivity index (χ0) is 11.8. The topological polar surface area (TPSA) is 67.9 Å². The Morgan fingerprint density at radius 1 is 1.35 bits per heavy atom. The molecule has 0 bridgehead atoms. The van der Waals surface area contributed by atoms with Crippen LogP contribution in [0.15, 0.2) is 40.0 Å². The fourth-order valence-electron chi connectivity index (χ4n) is 2.03. The molecule has 0 saturated heterocycles. The summed E-state index contributed by atoms with van der Waals surface area (Å²) < 4.78 is 0. The van der Waals surface area contributed by atoms with Gasteiger partial charge in [0.05, 0.1) is 22.9 Å². The summed E-state index contributed by atoms with van der Waals surface area (Å²) in [4.78, 5) is 19.0. The van der Waals surface area contributed by atoms with Crippen molar-refractivity contribution < 1.29 is 4.92 Å². The minimum atomic E-state index is -0.386. The van der Waals surface area contributed by atoms with Crippen LogP contribution in [0.1, 0.15) is 17.5 Å². The van der Waals surface area contributed by atoms with E-state index < -0.39 is 0 Å². The van der Waals surface area contributed by atoms with Crippen LogP contribution in [0.25, 0.3) is 0 Å². The van der Waals surface area contributed by atoms with E-state index in [0.29, 0.717) is 6.54 Å². The lowest BCUT2D eigenvalue weighted by Crippen LogP contribution is -2.01. The number of hydrogen-bond donors (Lipinski definition) is 0. The molecule has 84 valence electrons. The van der Waals surface area contributed by atoms with Crippen molar-refractivity contribution in [1.82, 2.24) is 0 Å². The number of nitro benzene ring substituents is 1. The highest BCUT2D eigenvalue weighted by molar-refractivity contribution is 6.16. The van der Waals surface area contributed by atoms with E-state index >= 15 is 0 Å². The first-order valence-electron chi connectivity index (χ1n) is 5.31. The number of aliphatic imine (C=N–C) groups is 2. The Morgan fingerprint density at radius 2 is 2.24 bits per heavy atom. The molecule has 2 aliphatic heterocycles. The third-order valence-corrected chi connectivity index (χ3v) is 2.86. The summed E-state index contributed by atoms with van der Waals surface area (Å²) in [6.45, 7) is 0.579. The molecule has 3 rings (SSSR count). The zero-order valence-electron chi connectivity index (χ0n) is 8.96. The molecule has 17 heavy (non-hydrogen) atoms. The zero-order valence-corrected chi connectivity index (χ0v) is 8.96. The summed E-state index contributed by atoms with van der Waals surface area (Å²) in [6, 6.07) is 4.86. The number of hydrogen-bond acceptors (Lipinski definition) is 4. The molecule has 0 saturated carbocycles. The van der Waals surface area contributed by atoms with Crippen LogP contribution < -0.4 is 0 Å². The van der Waals surface area contributed by atoms with Gasteiger partial charge in [-0.2, -0.15) is 0 Å². The molecule has 0 aromatic heterocycles. The number of rotatable bonds is 2. The summed E-state index contributed by atoms with van der Waals surface area (Å²) in [5, 5.41) is 10.8. The van der Waals surface area contributed by atoms with Crippen molar-refractivity contribution in [1.29, 1.82) is 0 Å². The first kappa shape index (κ1) is 9.89. The van der Waals surface area contributed by atoms with Crippen LogP contribution in [0, 0.1) is 10.1 Å². The molecule has 0 amide bonds. The maximum Gasteiger partial charge on any atom is 0.270 e. The summed E-state index contributed by atoms with van der Waals surface area (Å²) in [5.74, 6) is 0. The van der Waals surface area contributed by atoms with E-state index in [9.17, 15) is 10.1 Å². The van der Waals surface area contributed by atoms with Gasteiger partial charge in [-0.15, -0.1) is 0 Å². The average molecular weight is 227 g/mol. The van der Waals surface area contributed by atoms with Crippen LogP contribution in [0.4, 0.5) is 5.69 Å². The van der Waals surface area contributed by atoms with Gasteiger partial charge in [-0.1, -0.05) is 6.08 Å². The Balaban J connectivity index is 2.07. The minimum Gasteiger partial charge on any atom is -0.278 e. The van der Waals surface area contributed by atoms with Gasteiger partial charge in [0.1, 0.15) is 0 Å². The first-order valence-corrected chi connectivity index (χ1v) is 5.31. The van der Waals surface area contributed by atoms with Gasteiger partial charge in [0.25, 0.3) is 5.69 Å². The maximum absolute atomic E-state index is 10.8. The van der Waals surface area contributed by atoms with Crippen molar-refractivity contribution in [2.45, 2.75) is 13.0 Å². The highest BCUT2D eigenvalue weighted by Crippen LogP contribution is 2.28. The van der Waals surface area contributed by atoms with Crippen molar-refractivity contribution in [3.8, 4) is 0 Å².